The van der Waals surface area contributed by atoms with Gasteiger partial charge in [0.25, 0.3) is 0 Å². The molecule has 0 radical (unpaired) electrons. The molecule has 4 nitrogen and oxygen atoms in total. The number of nitrogens with two attached hydrogens (primary N) is 1. The standard InChI is InChI=1S/C10H10N4/c11-9-3-6-13-10(14-9)7-8-1-4-12-5-2-8/h1-6H,7H2,(H2,11,13,14). The van der Waals surface area contributed by atoms with Crippen molar-refractivity contribution in [3.05, 3.63) is 48.2 Å². The molecule has 0 aromatic carbocycles. The summed E-state index contributed by atoms with van der Waals surface area (Å²) in [6.07, 6.45) is 5.86. The molecular weight excluding hydrogens is 176 g/mol. The topological polar surface area (TPSA) is 64.7 Å². The first-order valence-corrected chi connectivity index (χ1v) is 4.31. The lowest BCUT2D eigenvalue weighted by Crippen LogP contribution is -1.99. The number of nitrogens with zero attached hydrogens (tertiary/aromatic N) is 3. The lowest BCUT2D eigenvalue weighted by Gasteiger charge is -1.99. The number of hydrogen-bond acceptors (Lipinski definition) is 4. The van der Waals surface area contributed by atoms with Gasteiger partial charge in [0, 0.05) is 25.0 Å². The molecule has 2 N–H and O–H groups in total. The number of hydrogen-bond donors (Lipinski definition) is 1. The summed E-state index contributed by atoms with van der Waals surface area (Å²) < 4.78 is 0. The van der Waals surface area contributed by atoms with Gasteiger partial charge in [0.1, 0.15) is 11.6 Å². The largest absolute Gasteiger partial charge is 0.384 e. The lowest BCUT2D eigenvalue weighted by atomic mass is 10.2. The molecular formula is C10H10N4. The van der Waals surface area contributed by atoms with Crippen molar-refractivity contribution in [2.45, 2.75) is 6.42 Å². The Morgan fingerprint density at radius 1 is 1.07 bits per heavy atom. The summed E-state index contributed by atoms with van der Waals surface area (Å²) in [4.78, 5) is 12.2. The summed E-state index contributed by atoms with van der Waals surface area (Å²) in [5.74, 6) is 1.24. The van der Waals surface area contributed by atoms with Gasteiger partial charge in [-0.15, -0.1) is 0 Å². The molecule has 0 aliphatic rings. The summed E-state index contributed by atoms with van der Waals surface area (Å²) >= 11 is 0. The molecule has 2 rings (SSSR count). The van der Waals surface area contributed by atoms with E-state index in [2.05, 4.69) is 15.0 Å². The van der Waals surface area contributed by atoms with E-state index in [0.29, 0.717) is 12.2 Å². The SMILES string of the molecule is Nc1ccnc(Cc2ccncc2)n1. The second-order valence-corrected chi connectivity index (χ2v) is 2.93. The van der Waals surface area contributed by atoms with Crippen LogP contribution in [-0.2, 0) is 6.42 Å². The molecule has 2 heterocycles. The molecule has 0 amide bonds. The minimum atomic E-state index is 0.504. The highest BCUT2D eigenvalue weighted by Crippen LogP contribution is 2.04. The molecule has 70 valence electrons. The van der Waals surface area contributed by atoms with Crippen LogP contribution in [0.4, 0.5) is 5.82 Å². The van der Waals surface area contributed by atoms with Crippen LogP contribution in [0.15, 0.2) is 36.8 Å². The maximum Gasteiger partial charge on any atom is 0.135 e. The zero-order valence-corrected chi connectivity index (χ0v) is 7.59. The van der Waals surface area contributed by atoms with E-state index in [1.54, 1.807) is 24.7 Å². The Morgan fingerprint density at radius 2 is 1.86 bits per heavy atom. The number of nitrogen functional groups attached to an aromatic ring is 1. The highest BCUT2D eigenvalue weighted by Gasteiger charge is 1.98. The van der Waals surface area contributed by atoms with Crippen LogP contribution in [-0.4, -0.2) is 15.0 Å². The molecule has 4 heteroatoms. The van der Waals surface area contributed by atoms with E-state index >= 15 is 0 Å². The van der Waals surface area contributed by atoms with Gasteiger partial charge in [-0.05, 0) is 23.8 Å². The Balaban J connectivity index is 2.19. The number of aromatic nitrogens is 3. The first kappa shape index (κ1) is 8.62. The zero-order valence-electron chi connectivity index (χ0n) is 7.59. The normalized spacial score (nSPS) is 10.0. The third-order valence-corrected chi connectivity index (χ3v) is 1.84. The first-order valence-electron chi connectivity index (χ1n) is 4.31. The van der Waals surface area contributed by atoms with Crippen LogP contribution in [0.5, 0.6) is 0 Å². The van der Waals surface area contributed by atoms with Crippen molar-refractivity contribution in [3.63, 3.8) is 0 Å². The average Bonchev–Trinajstić information content (AvgIpc) is 2.19. The van der Waals surface area contributed by atoms with Gasteiger partial charge in [0.15, 0.2) is 0 Å². The van der Waals surface area contributed by atoms with Crippen LogP contribution < -0.4 is 5.73 Å². The third-order valence-electron chi connectivity index (χ3n) is 1.84. The fourth-order valence-corrected chi connectivity index (χ4v) is 1.18. The van der Waals surface area contributed by atoms with Crippen molar-refractivity contribution < 1.29 is 0 Å². The van der Waals surface area contributed by atoms with Crippen molar-refractivity contribution in [1.82, 2.24) is 15.0 Å². The van der Waals surface area contributed by atoms with E-state index in [4.69, 9.17) is 5.73 Å². The van der Waals surface area contributed by atoms with Crippen LogP contribution in [0.1, 0.15) is 11.4 Å². The van der Waals surface area contributed by atoms with E-state index in [1.807, 2.05) is 12.1 Å². The van der Waals surface area contributed by atoms with Gasteiger partial charge in [-0.2, -0.15) is 0 Å². The van der Waals surface area contributed by atoms with Crippen molar-refractivity contribution in [1.29, 1.82) is 0 Å². The van der Waals surface area contributed by atoms with Gasteiger partial charge < -0.3 is 5.73 Å². The van der Waals surface area contributed by atoms with Crippen LogP contribution in [0, 0.1) is 0 Å². The smallest absolute Gasteiger partial charge is 0.135 e. The minimum Gasteiger partial charge on any atom is -0.384 e. The van der Waals surface area contributed by atoms with E-state index < -0.39 is 0 Å². The van der Waals surface area contributed by atoms with Crippen molar-refractivity contribution in [2.75, 3.05) is 5.73 Å². The Kier molecular flexibility index (Phi) is 2.36. The Bertz CT molecular complexity index is 413. The maximum absolute atomic E-state index is 5.55. The monoisotopic (exact) mass is 186 g/mol. The predicted molar refractivity (Wildman–Crippen MR) is 53.5 cm³/mol. The number of pyridine rings is 1. The molecule has 0 unspecified atom stereocenters. The van der Waals surface area contributed by atoms with Gasteiger partial charge in [-0.3, -0.25) is 4.98 Å². The van der Waals surface area contributed by atoms with Crippen LogP contribution >= 0.6 is 0 Å². The minimum absolute atomic E-state index is 0.504. The van der Waals surface area contributed by atoms with Crippen molar-refractivity contribution >= 4 is 5.82 Å². The molecule has 0 aliphatic heterocycles. The van der Waals surface area contributed by atoms with Crippen LogP contribution in [0.3, 0.4) is 0 Å². The van der Waals surface area contributed by atoms with E-state index in [1.165, 1.54) is 0 Å². The highest BCUT2D eigenvalue weighted by molar-refractivity contribution is 5.26. The predicted octanol–water partition coefficient (Wildman–Crippen LogP) is 1.04. The molecule has 0 bridgehead atoms. The molecule has 2 aromatic rings. The lowest BCUT2D eigenvalue weighted by molar-refractivity contribution is 0.971. The first-order chi connectivity index (χ1) is 6.84. The zero-order chi connectivity index (χ0) is 9.80. The van der Waals surface area contributed by atoms with Crippen LogP contribution in [0.25, 0.3) is 0 Å². The van der Waals surface area contributed by atoms with E-state index in [9.17, 15) is 0 Å². The quantitative estimate of drug-likeness (QED) is 0.761. The molecule has 0 atom stereocenters. The molecule has 0 spiro atoms. The van der Waals surface area contributed by atoms with Gasteiger partial charge in [-0.1, -0.05) is 0 Å². The van der Waals surface area contributed by atoms with Crippen LogP contribution in [0.2, 0.25) is 0 Å². The van der Waals surface area contributed by atoms with Gasteiger partial charge in [-0.25, -0.2) is 9.97 Å². The molecule has 0 aliphatic carbocycles. The third kappa shape index (κ3) is 2.04. The Labute approximate surface area is 81.9 Å². The maximum atomic E-state index is 5.55. The van der Waals surface area contributed by atoms with Crippen molar-refractivity contribution in [2.24, 2.45) is 0 Å². The Morgan fingerprint density at radius 3 is 2.57 bits per heavy atom. The summed E-state index contributed by atoms with van der Waals surface area (Å²) in [5, 5.41) is 0. The van der Waals surface area contributed by atoms with Gasteiger partial charge in [0.05, 0.1) is 0 Å². The molecule has 0 saturated carbocycles. The summed E-state index contributed by atoms with van der Waals surface area (Å²) in [7, 11) is 0. The summed E-state index contributed by atoms with van der Waals surface area (Å²) in [5.41, 5.74) is 6.68. The van der Waals surface area contributed by atoms with Gasteiger partial charge in [0.2, 0.25) is 0 Å². The van der Waals surface area contributed by atoms with E-state index in [0.717, 1.165) is 11.4 Å². The number of rotatable bonds is 2. The van der Waals surface area contributed by atoms with Crippen molar-refractivity contribution in [3.8, 4) is 0 Å². The molecule has 14 heavy (non-hydrogen) atoms. The second-order valence-electron chi connectivity index (χ2n) is 2.93. The molecule has 2 aromatic heterocycles. The number of anilines is 1. The summed E-state index contributed by atoms with van der Waals surface area (Å²) in [6.45, 7) is 0. The van der Waals surface area contributed by atoms with Gasteiger partial charge >= 0.3 is 0 Å². The molecule has 0 fully saturated rings. The van der Waals surface area contributed by atoms with E-state index in [-0.39, 0.29) is 0 Å². The second kappa shape index (κ2) is 3.83. The highest BCUT2D eigenvalue weighted by atomic mass is 14.9. The fourth-order valence-electron chi connectivity index (χ4n) is 1.18. The fraction of sp³-hybridized carbons (Fsp3) is 0.100. The Hall–Kier alpha value is -1.97. The average molecular weight is 186 g/mol. The summed E-state index contributed by atoms with van der Waals surface area (Å²) in [6, 6.07) is 5.55. The molecule has 0 saturated heterocycles.